The minimum Gasteiger partial charge on any atom is -0.366 e. The Balaban J connectivity index is 1.61. The van der Waals surface area contributed by atoms with Crippen LogP contribution in [0.5, 0.6) is 0 Å². The second-order valence-corrected chi connectivity index (χ2v) is 6.46. The van der Waals surface area contributed by atoms with Gasteiger partial charge in [-0.2, -0.15) is 0 Å². The molecule has 28 heavy (non-hydrogen) atoms. The molecule has 0 saturated heterocycles. The van der Waals surface area contributed by atoms with E-state index in [4.69, 9.17) is 5.73 Å². The maximum absolute atomic E-state index is 12.0. The fourth-order valence-electron chi connectivity index (χ4n) is 3.10. The average Bonchev–Trinajstić information content (AvgIpc) is 3.13. The molecule has 4 rings (SSSR count). The zero-order chi connectivity index (χ0) is 19.3. The van der Waals surface area contributed by atoms with Gasteiger partial charge in [-0.3, -0.25) is 4.79 Å². The van der Waals surface area contributed by atoms with Gasteiger partial charge in [0.2, 0.25) is 5.91 Å². The first-order valence-electron chi connectivity index (χ1n) is 9.03. The van der Waals surface area contributed by atoms with Crippen LogP contribution in [-0.2, 0) is 11.3 Å². The highest BCUT2D eigenvalue weighted by molar-refractivity contribution is 6.24. The number of nitrogens with two attached hydrogens (primary N) is 1. The van der Waals surface area contributed by atoms with Gasteiger partial charge >= 0.3 is 0 Å². The van der Waals surface area contributed by atoms with Gasteiger partial charge in [0.05, 0.1) is 0 Å². The number of hydrogen-bond acceptors (Lipinski definition) is 3. The van der Waals surface area contributed by atoms with Gasteiger partial charge in [0.15, 0.2) is 0 Å². The lowest BCUT2D eigenvalue weighted by Gasteiger charge is -2.06. The molecule has 0 aliphatic heterocycles. The van der Waals surface area contributed by atoms with Gasteiger partial charge in [-0.05, 0) is 29.3 Å². The third-order valence-electron chi connectivity index (χ3n) is 4.54. The Morgan fingerprint density at radius 1 is 1.00 bits per heavy atom. The van der Waals surface area contributed by atoms with E-state index in [0.29, 0.717) is 12.1 Å². The molecule has 0 saturated carbocycles. The molecule has 5 heteroatoms. The van der Waals surface area contributed by atoms with E-state index in [9.17, 15) is 4.79 Å². The summed E-state index contributed by atoms with van der Waals surface area (Å²) in [4.78, 5) is 19.8. The van der Waals surface area contributed by atoms with E-state index in [1.807, 2.05) is 66.9 Å². The number of benzene rings is 2. The van der Waals surface area contributed by atoms with Gasteiger partial charge < -0.3 is 16.0 Å². The van der Waals surface area contributed by atoms with Crippen molar-refractivity contribution < 1.29 is 4.79 Å². The second kappa shape index (κ2) is 7.80. The van der Waals surface area contributed by atoms with E-state index in [1.54, 1.807) is 6.08 Å². The molecule has 138 valence electrons. The number of anilines is 1. The first-order valence-corrected chi connectivity index (χ1v) is 9.03. The van der Waals surface area contributed by atoms with Gasteiger partial charge in [-0.25, -0.2) is 4.98 Å². The van der Waals surface area contributed by atoms with Gasteiger partial charge in [-0.1, -0.05) is 60.7 Å². The molecule has 0 radical (unpaired) electrons. The molecule has 4 N–H and O–H groups in total. The standard InChI is InChI=1S/C23H20N4O/c24-22(28)20(17-9-5-2-6-10-17)13-18-15-26-23-19(18)11-12-21(27-23)25-14-16-7-3-1-4-8-16/h1-13,15H,14H2,(H2,24,28)(H2,25,26,27)/b20-13+. The van der Waals surface area contributed by atoms with E-state index in [0.717, 1.165) is 28.0 Å². The fourth-order valence-corrected chi connectivity index (χ4v) is 3.10. The Labute approximate surface area is 162 Å². The first kappa shape index (κ1) is 17.5. The number of amides is 1. The van der Waals surface area contributed by atoms with Crippen LogP contribution in [0.25, 0.3) is 22.7 Å². The minimum atomic E-state index is -0.463. The summed E-state index contributed by atoms with van der Waals surface area (Å²) in [6.07, 6.45) is 3.64. The number of nitrogens with zero attached hydrogens (tertiary/aromatic N) is 1. The lowest BCUT2D eigenvalue weighted by Crippen LogP contribution is -2.12. The molecule has 0 bridgehead atoms. The summed E-state index contributed by atoms with van der Waals surface area (Å²) in [5.74, 6) is 0.321. The van der Waals surface area contributed by atoms with Gasteiger partial charge in [0.1, 0.15) is 11.5 Å². The van der Waals surface area contributed by atoms with E-state index >= 15 is 0 Å². The van der Waals surface area contributed by atoms with E-state index in [1.165, 1.54) is 5.56 Å². The van der Waals surface area contributed by atoms with Crippen molar-refractivity contribution in [3.8, 4) is 0 Å². The topological polar surface area (TPSA) is 83.8 Å². The Bertz CT molecular complexity index is 1130. The Hall–Kier alpha value is -3.86. The molecule has 4 aromatic rings. The third-order valence-corrected chi connectivity index (χ3v) is 4.54. The smallest absolute Gasteiger partial charge is 0.249 e. The Morgan fingerprint density at radius 2 is 1.71 bits per heavy atom. The number of nitrogens with one attached hydrogen (secondary N) is 2. The zero-order valence-corrected chi connectivity index (χ0v) is 15.2. The van der Waals surface area contributed by atoms with Crippen LogP contribution in [0.15, 0.2) is 79.0 Å². The summed E-state index contributed by atoms with van der Waals surface area (Å²) in [6.45, 7) is 0.701. The number of hydrogen-bond donors (Lipinski definition) is 3. The average molecular weight is 368 g/mol. The maximum Gasteiger partial charge on any atom is 0.249 e. The quantitative estimate of drug-likeness (QED) is 0.446. The van der Waals surface area contributed by atoms with Crippen molar-refractivity contribution in [1.82, 2.24) is 9.97 Å². The molecule has 2 aromatic carbocycles. The molecular formula is C23H20N4O. The van der Waals surface area contributed by atoms with Crippen molar-refractivity contribution in [2.75, 3.05) is 5.32 Å². The van der Waals surface area contributed by atoms with E-state index < -0.39 is 5.91 Å². The van der Waals surface area contributed by atoms with Crippen molar-refractivity contribution in [1.29, 1.82) is 0 Å². The van der Waals surface area contributed by atoms with Crippen LogP contribution in [0.3, 0.4) is 0 Å². The van der Waals surface area contributed by atoms with Crippen LogP contribution < -0.4 is 11.1 Å². The largest absolute Gasteiger partial charge is 0.366 e. The second-order valence-electron chi connectivity index (χ2n) is 6.46. The van der Waals surface area contributed by atoms with Gasteiger partial charge in [0.25, 0.3) is 0 Å². The summed E-state index contributed by atoms with van der Waals surface area (Å²) >= 11 is 0. The maximum atomic E-state index is 12.0. The van der Waals surface area contributed by atoms with Crippen LogP contribution in [0, 0.1) is 0 Å². The number of carbonyl (C=O) groups is 1. The minimum absolute atomic E-state index is 0.463. The van der Waals surface area contributed by atoms with Crippen LogP contribution in [0.4, 0.5) is 5.82 Å². The molecule has 2 heterocycles. The summed E-state index contributed by atoms with van der Waals surface area (Å²) in [5, 5.41) is 4.26. The molecule has 0 unspecified atom stereocenters. The lowest BCUT2D eigenvalue weighted by molar-refractivity contribution is -0.112. The molecular weight excluding hydrogens is 348 g/mol. The molecule has 5 nitrogen and oxygen atoms in total. The number of aromatic amines is 1. The monoisotopic (exact) mass is 368 g/mol. The molecule has 0 fully saturated rings. The predicted molar refractivity (Wildman–Crippen MR) is 113 cm³/mol. The number of primary amides is 1. The van der Waals surface area contributed by atoms with Crippen LogP contribution in [0.1, 0.15) is 16.7 Å². The number of carbonyl (C=O) groups excluding carboxylic acids is 1. The fraction of sp³-hybridized carbons (Fsp3) is 0.0435. The number of pyridine rings is 1. The summed E-state index contributed by atoms with van der Waals surface area (Å²) in [6, 6.07) is 23.5. The van der Waals surface area contributed by atoms with Crippen LogP contribution in [0.2, 0.25) is 0 Å². The highest BCUT2D eigenvalue weighted by atomic mass is 16.1. The van der Waals surface area contributed by atoms with Gasteiger partial charge in [-0.15, -0.1) is 0 Å². The predicted octanol–water partition coefficient (Wildman–Crippen LogP) is 4.20. The Kier molecular flexibility index (Phi) is 4.89. The third kappa shape index (κ3) is 3.78. The first-order chi connectivity index (χ1) is 13.7. The highest BCUT2D eigenvalue weighted by Gasteiger charge is 2.11. The molecule has 0 aliphatic carbocycles. The number of H-pyrrole nitrogens is 1. The van der Waals surface area contributed by atoms with Crippen LogP contribution in [-0.4, -0.2) is 15.9 Å². The number of rotatable bonds is 6. The summed E-state index contributed by atoms with van der Waals surface area (Å²) in [7, 11) is 0. The number of fused-ring (bicyclic) bond motifs is 1. The van der Waals surface area contributed by atoms with Crippen molar-refractivity contribution in [3.05, 3.63) is 95.7 Å². The zero-order valence-electron chi connectivity index (χ0n) is 15.2. The molecule has 0 aliphatic rings. The van der Waals surface area contributed by atoms with E-state index in [2.05, 4.69) is 27.4 Å². The van der Waals surface area contributed by atoms with Crippen molar-refractivity contribution in [2.24, 2.45) is 5.73 Å². The van der Waals surface area contributed by atoms with Gasteiger partial charge in [0, 0.05) is 29.3 Å². The van der Waals surface area contributed by atoms with Crippen molar-refractivity contribution in [2.45, 2.75) is 6.54 Å². The normalized spacial score (nSPS) is 11.5. The van der Waals surface area contributed by atoms with Crippen molar-refractivity contribution in [3.63, 3.8) is 0 Å². The lowest BCUT2D eigenvalue weighted by atomic mass is 10.0. The van der Waals surface area contributed by atoms with E-state index in [-0.39, 0.29) is 0 Å². The molecule has 0 spiro atoms. The molecule has 2 aromatic heterocycles. The van der Waals surface area contributed by atoms with Crippen molar-refractivity contribution >= 4 is 34.4 Å². The Morgan fingerprint density at radius 3 is 2.43 bits per heavy atom. The summed E-state index contributed by atoms with van der Waals surface area (Å²) < 4.78 is 0. The number of aromatic nitrogens is 2. The molecule has 0 atom stereocenters. The highest BCUT2D eigenvalue weighted by Crippen LogP contribution is 2.24. The molecule has 1 amide bonds. The SMILES string of the molecule is NC(=O)/C(=C/c1c[nH]c2nc(NCc3ccccc3)ccc12)c1ccccc1. The summed E-state index contributed by atoms with van der Waals surface area (Å²) in [5.41, 5.74) is 9.67. The van der Waals surface area contributed by atoms with Crippen LogP contribution >= 0.6 is 0 Å².